The van der Waals surface area contributed by atoms with Crippen molar-refractivity contribution in [1.29, 1.82) is 0 Å². The maximum Gasteiger partial charge on any atom is 0.306 e. The van der Waals surface area contributed by atoms with Crippen LogP contribution in [0.3, 0.4) is 0 Å². The number of nitrogens with zero attached hydrogens (tertiary/aromatic N) is 3. The highest BCUT2D eigenvalue weighted by Gasteiger charge is 2.22. The molecule has 0 saturated heterocycles. The molecule has 2 rings (SSSR count). The van der Waals surface area contributed by atoms with Crippen LogP contribution in [0.2, 0.25) is 0 Å². The third-order valence-corrected chi connectivity index (χ3v) is 3.53. The van der Waals surface area contributed by atoms with Crippen molar-refractivity contribution in [3.05, 3.63) is 39.0 Å². The second-order valence-corrected chi connectivity index (χ2v) is 4.80. The second kappa shape index (κ2) is 4.27. The molecule has 0 spiro atoms. The number of hydrogen-bond acceptors (Lipinski definition) is 5. The van der Waals surface area contributed by atoms with Gasteiger partial charge in [0, 0.05) is 17.1 Å². The number of aryl methyl sites for hydroxylation is 1. The maximum absolute atomic E-state index is 10.9. The van der Waals surface area contributed by atoms with E-state index in [-0.39, 0.29) is 5.69 Å². The van der Waals surface area contributed by atoms with Crippen LogP contribution in [0.25, 0.3) is 5.00 Å². The van der Waals surface area contributed by atoms with Crippen molar-refractivity contribution in [2.24, 2.45) is 0 Å². The van der Waals surface area contributed by atoms with Crippen LogP contribution < -0.4 is 0 Å². The Bertz CT molecular complexity index is 559. The van der Waals surface area contributed by atoms with Gasteiger partial charge in [-0.05, 0) is 19.4 Å². The zero-order valence-corrected chi connectivity index (χ0v) is 10.1. The summed E-state index contributed by atoms with van der Waals surface area (Å²) in [6, 6.07) is 1.39. The summed E-state index contributed by atoms with van der Waals surface area (Å²) in [5, 5.41) is 24.8. The fourth-order valence-electron chi connectivity index (χ4n) is 1.41. The van der Waals surface area contributed by atoms with E-state index in [9.17, 15) is 15.2 Å². The first-order valence-corrected chi connectivity index (χ1v) is 5.78. The summed E-state index contributed by atoms with van der Waals surface area (Å²) in [5.41, 5.74) is 0.889. The molecule has 0 aliphatic rings. The minimum Gasteiger partial charge on any atom is -0.388 e. The SMILES string of the molecule is Cc1cnn(-c2sc(C(C)O)cc2[N+](=O)[O-])c1. The van der Waals surface area contributed by atoms with Gasteiger partial charge in [0.1, 0.15) is 0 Å². The van der Waals surface area contributed by atoms with Crippen LogP contribution >= 0.6 is 11.3 Å². The highest BCUT2D eigenvalue weighted by atomic mass is 32.1. The molecule has 1 atom stereocenters. The number of nitro groups is 1. The van der Waals surface area contributed by atoms with Crippen LogP contribution in [-0.4, -0.2) is 19.8 Å². The van der Waals surface area contributed by atoms with Gasteiger partial charge >= 0.3 is 5.69 Å². The topological polar surface area (TPSA) is 81.2 Å². The maximum atomic E-state index is 10.9. The Morgan fingerprint density at radius 3 is 2.82 bits per heavy atom. The third kappa shape index (κ3) is 2.20. The lowest BCUT2D eigenvalue weighted by Crippen LogP contribution is -1.95. The highest BCUT2D eigenvalue weighted by molar-refractivity contribution is 7.15. The third-order valence-electron chi connectivity index (χ3n) is 2.24. The van der Waals surface area contributed by atoms with Gasteiger partial charge in [-0.3, -0.25) is 10.1 Å². The van der Waals surface area contributed by atoms with Crippen molar-refractivity contribution in [2.75, 3.05) is 0 Å². The fraction of sp³-hybridized carbons (Fsp3) is 0.300. The van der Waals surface area contributed by atoms with Crippen LogP contribution in [0.5, 0.6) is 0 Å². The predicted octanol–water partition coefficient (Wildman–Crippen LogP) is 2.20. The van der Waals surface area contributed by atoms with Crippen molar-refractivity contribution in [1.82, 2.24) is 9.78 Å². The smallest absolute Gasteiger partial charge is 0.306 e. The Morgan fingerprint density at radius 2 is 2.35 bits per heavy atom. The number of aromatic nitrogens is 2. The van der Waals surface area contributed by atoms with Crippen LogP contribution in [-0.2, 0) is 0 Å². The molecule has 2 aromatic rings. The Kier molecular flexibility index (Phi) is 2.95. The van der Waals surface area contributed by atoms with Crippen LogP contribution in [0.4, 0.5) is 5.69 Å². The first-order valence-electron chi connectivity index (χ1n) is 4.97. The number of aliphatic hydroxyl groups is 1. The van der Waals surface area contributed by atoms with Crippen LogP contribution in [0, 0.1) is 17.0 Å². The Hall–Kier alpha value is -1.73. The molecule has 2 heterocycles. The van der Waals surface area contributed by atoms with Gasteiger partial charge in [-0.1, -0.05) is 0 Å². The molecule has 0 aromatic carbocycles. The van der Waals surface area contributed by atoms with E-state index in [2.05, 4.69) is 5.10 Å². The van der Waals surface area contributed by atoms with Gasteiger partial charge in [-0.15, -0.1) is 11.3 Å². The zero-order chi connectivity index (χ0) is 12.6. The molecule has 7 heteroatoms. The minimum atomic E-state index is -0.718. The van der Waals surface area contributed by atoms with Gasteiger partial charge in [0.2, 0.25) is 0 Å². The summed E-state index contributed by atoms with van der Waals surface area (Å²) in [4.78, 5) is 11.0. The summed E-state index contributed by atoms with van der Waals surface area (Å²) >= 11 is 1.17. The molecule has 6 nitrogen and oxygen atoms in total. The van der Waals surface area contributed by atoms with Crippen LogP contribution in [0.1, 0.15) is 23.5 Å². The monoisotopic (exact) mass is 253 g/mol. The van der Waals surface area contributed by atoms with Gasteiger partial charge in [0.15, 0.2) is 5.00 Å². The van der Waals surface area contributed by atoms with E-state index in [1.165, 1.54) is 22.1 Å². The zero-order valence-electron chi connectivity index (χ0n) is 9.32. The van der Waals surface area contributed by atoms with Crippen molar-refractivity contribution >= 4 is 17.0 Å². The van der Waals surface area contributed by atoms with Gasteiger partial charge < -0.3 is 5.11 Å². The first-order chi connectivity index (χ1) is 7.99. The molecular formula is C10H11N3O3S. The van der Waals surface area contributed by atoms with Gasteiger partial charge in [0.25, 0.3) is 0 Å². The predicted molar refractivity (Wildman–Crippen MR) is 63.5 cm³/mol. The molecule has 1 N–H and O–H groups in total. The second-order valence-electron chi connectivity index (χ2n) is 3.73. The standard InChI is InChI=1S/C10H11N3O3S/c1-6-4-11-12(5-6)10-8(13(15)16)3-9(17-10)7(2)14/h3-5,7,14H,1-2H3. The first kappa shape index (κ1) is 11.7. The van der Waals surface area contributed by atoms with E-state index < -0.39 is 11.0 Å². The normalized spacial score (nSPS) is 12.6. The molecular weight excluding hydrogens is 242 g/mol. The summed E-state index contributed by atoms with van der Waals surface area (Å²) in [6.07, 6.45) is 2.62. The highest BCUT2D eigenvalue weighted by Crippen LogP contribution is 2.35. The van der Waals surface area contributed by atoms with Crippen molar-refractivity contribution in [3.63, 3.8) is 0 Å². The van der Waals surface area contributed by atoms with E-state index >= 15 is 0 Å². The molecule has 0 amide bonds. The van der Waals surface area contributed by atoms with Gasteiger partial charge in [-0.2, -0.15) is 5.10 Å². The summed E-state index contributed by atoms with van der Waals surface area (Å²) in [5.74, 6) is 0. The fourth-order valence-corrected chi connectivity index (χ4v) is 2.41. The van der Waals surface area contributed by atoms with Crippen molar-refractivity contribution in [2.45, 2.75) is 20.0 Å². The Morgan fingerprint density at radius 1 is 1.65 bits per heavy atom. The van der Waals surface area contributed by atoms with E-state index in [0.29, 0.717) is 9.88 Å². The summed E-state index contributed by atoms with van der Waals surface area (Å²) in [6.45, 7) is 3.44. The molecule has 1 unspecified atom stereocenters. The molecule has 0 saturated carbocycles. The lowest BCUT2D eigenvalue weighted by Gasteiger charge is -1.97. The molecule has 0 radical (unpaired) electrons. The number of thiophene rings is 1. The van der Waals surface area contributed by atoms with Gasteiger partial charge in [0.05, 0.1) is 17.2 Å². The molecule has 0 aliphatic heterocycles. The molecule has 17 heavy (non-hydrogen) atoms. The minimum absolute atomic E-state index is 0.0333. The molecule has 0 aliphatic carbocycles. The molecule has 90 valence electrons. The number of hydrogen-bond donors (Lipinski definition) is 1. The largest absolute Gasteiger partial charge is 0.388 e. The lowest BCUT2D eigenvalue weighted by atomic mass is 10.3. The van der Waals surface area contributed by atoms with E-state index in [1.807, 2.05) is 6.92 Å². The molecule has 0 bridgehead atoms. The van der Waals surface area contributed by atoms with E-state index in [0.717, 1.165) is 5.56 Å². The average molecular weight is 253 g/mol. The van der Waals surface area contributed by atoms with Crippen molar-refractivity contribution < 1.29 is 10.0 Å². The Balaban J connectivity index is 2.55. The summed E-state index contributed by atoms with van der Waals surface area (Å²) in [7, 11) is 0. The van der Waals surface area contributed by atoms with Crippen molar-refractivity contribution in [3.8, 4) is 5.00 Å². The molecule has 2 aromatic heterocycles. The average Bonchev–Trinajstić information content (AvgIpc) is 2.82. The van der Waals surface area contributed by atoms with Gasteiger partial charge in [-0.25, -0.2) is 4.68 Å². The molecule has 0 fully saturated rings. The van der Waals surface area contributed by atoms with Crippen LogP contribution in [0.15, 0.2) is 18.5 Å². The number of aliphatic hydroxyl groups excluding tert-OH is 1. The quantitative estimate of drug-likeness (QED) is 0.671. The van der Waals surface area contributed by atoms with E-state index in [1.54, 1.807) is 19.3 Å². The summed E-state index contributed by atoms with van der Waals surface area (Å²) < 4.78 is 1.46. The Labute approximate surface area is 101 Å². The lowest BCUT2D eigenvalue weighted by molar-refractivity contribution is -0.384. The van der Waals surface area contributed by atoms with E-state index in [4.69, 9.17) is 0 Å². The number of rotatable bonds is 3.